The van der Waals surface area contributed by atoms with Crippen LogP contribution in [0.5, 0.6) is 0 Å². The van der Waals surface area contributed by atoms with Crippen LogP contribution in [0.4, 0.5) is 0 Å². The summed E-state index contributed by atoms with van der Waals surface area (Å²) >= 11 is 0. The fourth-order valence-corrected chi connectivity index (χ4v) is 2.63. The van der Waals surface area contributed by atoms with E-state index < -0.39 is 0 Å². The first kappa shape index (κ1) is 19.4. The van der Waals surface area contributed by atoms with Crippen molar-refractivity contribution in [1.82, 2.24) is 15.2 Å². The van der Waals surface area contributed by atoms with Crippen LogP contribution in [0.1, 0.15) is 24.8 Å². The Labute approximate surface area is 143 Å². The van der Waals surface area contributed by atoms with Crippen molar-refractivity contribution in [2.45, 2.75) is 25.8 Å². The smallest absolute Gasteiger partial charge is 0.307 e. The minimum atomic E-state index is -0.294. The highest BCUT2D eigenvalue weighted by atomic mass is 35.5. The van der Waals surface area contributed by atoms with Crippen molar-refractivity contribution in [1.29, 1.82) is 0 Å². The average Bonchev–Trinajstić information content (AvgIpc) is 2.59. The van der Waals surface area contributed by atoms with E-state index in [2.05, 4.69) is 15.0 Å². The van der Waals surface area contributed by atoms with E-state index in [4.69, 9.17) is 0 Å². The molecule has 128 valence electrons. The molecule has 1 saturated heterocycles. The molecule has 1 fully saturated rings. The standard InChI is InChI=1S/C16H23N3O3.ClH/c1-22-15(20)6-11-19(12-13-2-7-17-8-3-13)16(21)14-4-9-18-10-5-14;/h2-3,7-8,14,18H,4-6,9-12H2,1H3;1H. The molecule has 0 bridgehead atoms. The molecule has 0 unspecified atom stereocenters. The molecule has 1 aromatic heterocycles. The fraction of sp³-hybridized carbons (Fsp3) is 0.562. The number of hydrogen-bond acceptors (Lipinski definition) is 5. The first-order chi connectivity index (χ1) is 10.7. The van der Waals surface area contributed by atoms with E-state index >= 15 is 0 Å². The number of ether oxygens (including phenoxy) is 1. The number of piperidine rings is 1. The lowest BCUT2D eigenvalue weighted by atomic mass is 9.96. The second-order valence-corrected chi connectivity index (χ2v) is 5.47. The number of hydrogen-bond donors (Lipinski definition) is 1. The van der Waals surface area contributed by atoms with Gasteiger partial charge in [0.1, 0.15) is 0 Å². The number of halogens is 1. The monoisotopic (exact) mass is 341 g/mol. The van der Waals surface area contributed by atoms with E-state index in [0.29, 0.717) is 13.1 Å². The van der Waals surface area contributed by atoms with Gasteiger partial charge in [-0.05, 0) is 43.6 Å². The van der Waals surface area contributed by atoms with Crippen LogP contribution in [-0.2, 0) is 20.9 Å². The van der Waals surface area contributed by atoms with Gasteiger partial charge in [0.25, 0.3) is 0 Å². The Morgan fingerprint density at radius 1 is 1.30 bits per heavy atom. The summed E-state index contributed by atoms with van der Waals surface area (Å²) in [5, 5.41) is 3.26. The third kappa shape index (κ3) is 6.15. The van der Waals surface area contributed by atoms with Crippen molar-refractivity contribution in [2.24, 2.45) is 5.92 Å². The number of carbonyl (C=O) groups excluding carboxylic acids is 2. The highest BCUT2D eigenvalue weighted by Gasteiger charge is 2.26. The molecular weight excluding hydrogens is 318 g/mol. The summed E-state index contributed by atoms with van der Waals surface area (Å²) in [5.41, 5.74) is 1.02. The van der Waals surface area contributed by atoms with Crippen LogP contribution < -0.4 is 5.32 Å². The topological polar surface area (TPSA) is 71.5 Å². The first-order valence-electron chi connectivity index (χ1n) is 7.66. The molecule has 0 saturated carbocycles. The number of esters is 1. The zero-order valence-corrected chi connectivity index (χ0v) is 14.2. The van der Waals surface area contributed by atoms with E-state index in [1.165, 1.54) is 7.11 Å². The second kappa shape index (κ2) is 10.2. The maximum Gasteiger partial charge on any atom is 0.307 e. The van der Waals surface area contributed by atoms with Gasteiger partial charge in [-0.1, -0.05) is 0 Å². The maximum atomic E-state index is 12.7. The van der Waals surface area contributed by atoms with Crippen molar-refractivity contribution in [2.75, 3.05) is 26.7 Å². The van der Waals surface area contributed by atoms with E-state index in [0.717, 1.165) is 31.5 Å². The maximum absolute atomic E-state index is 12.7. The molecule has 7 heteroatoms. The summed E-state index contributed by atoms with van der Waals surface area (Å²) in [5.74, 6) is -0.124. The number of nitrogens with zero attached hydrogens (tertiary/aromatic N) is 2. The Balaban J connectivity index is 0.00000264. The van der Waals surface area contributed by atoms with Gasteiger partial charge in [-0.3, -0.25) is 14.6 Å². The van der Waals surface area contributed by atoms with Gasteiger partial charge < -0.3 is 15.0 Å². The molecule has 1 N–H and O–H groups in total. The first-order valence-corrected chi connectivity index (χ1v) is 7.66. The molecule has 1 amide bonds. The van der Waals surface area contributed by atoms with Gasteiger partial charge in [0.15, 0.2) is 0 Å². The van der Waals surface area contributed by atoms with Crippen molar-refractivity contribution < 1.29 is 14.3 Å². The lowest BCUT2D eigenvalue weighted by Crippen LogP contribution is -2.41. The van der Waals surface area contributed by atoms with Crippen molar-refractivity contribution >= 4 is 24.3 Å². The zero-order chi connectivity index (χ0) is 15.8. The molecule has 6 nitrogen and oxygen atoms in total. The lowest BCUT2D eigenvalue weighted by molar-refractivity contribution is -0.143. The van der Waals surface area contributed by atoms with E-state index in [-0.39, 0.29) is 36.6 Å². The summed E-state index contributed by atoms with van der Waals surface area (Å²) in [7, 11) is 1.37. The largest absolute Gasteiger partial charge is 0.469 e. The SMILES string of the molecule is COC(=O)CCN(Cc1ccncc1)C(=O)C1CCNCC1.Cl. The number of aromatic nitrogens is 1. The van der Waals surface area contributed by atoms with E-state index in [1.54, 1.807) is 17.3 Å². The molecule has 1 aliphatic heterocycles. The van der Waals surface area contributed by atoms with Crippen molar-refractivity contribution in [3.05, 3.63) is 30.1 Å². The van der Waals surface area contributed by atoms with Gasteiger partial charge in [0.2, 0.25) is 5.91 Å². The van der Waals surface area contributed by atoms with Crippen LogP contribution in [0.15, 0.2) is 24.5 Å². The number of nitrogens with one attached hydrogen (secondary N) is 1. The molecule has 23 heavy (non-hydrogen) atoms. The number of amides is 1. The van der Waals surface area contributed by atoms with Crippen LogP contribution in [0.3, 0.4) is 0 Å². The Morgan fingerprint density at radius 3 is 2.57 bits per heavy atom. The Hall–Kier alpha value is -1.66. The molecule has 2 rings (SSSR count). The highest BCUT2D eigenvalue weighted by Crippen LogP contribution is 2.17. The molecular formula is C16H24ClN3O3. The van der Waals surface area contributed by atoms with Gasteiger partial charge in [0, 0.05) is 31.4 Å². The Bertz CT molecular complexity index is 493. The molecule has 1 aromatic rings. The molecule has 0 radical (unpaired) electrons. The number of methoxy groups -OCH3 is 1. The summed E-state index contributed by atoms with van der Waals surface area (Å²) in [4.78, 5) is 29.9. The third-order valence-electron chi connectivity index (χ3n) is 3.94. The van der Waals surface area contributed by atoms with Crippen LogP contribution in [0.25, 0.3) is 0 Å². The lowest BCUT2D eigenvalue weighted by Gasteiger charge is -2.29. The van der Waals surface area contributed by atoms with Gasteiger partial charge in [-0.15, -0.1) is 12.4 Å². The van der Waals surface area contributed by atoms with E-state index in [9.17, 15) is 9.59 Å². The quantitative estimate of drug-likeness (QED) is 0.792. The van der Waals surface area contributed by atoms with E-state index in [1.807, 2.05) is 12.1 Å². The van der Waals surface area contributed by atoms with Crippen LogP contribution >= 0.6 is 12.4 Å². The molecule has 0 atom stereocenters. The number of rotatable bonds is 6. The third-order valence-corrected chi connectivity index (χ3v) is 3.94. The highest BCUT2D eigenvalue weighted by molar-refractivity contribution is 5.85. The van der Waals surface area contributed by atoms with Crippen LogP contribution in [0.2, 0.25) is 0 Å². The average molecular weight is 342 g/mol. The summed E-state index contributed by atoms with van der Waals surface area (Å²) < 4.78 is 4.68. The van der Waals surface area contributed by atoms with Crippen molar-refractivity contribution in [3.63, 3.8) is 0 Å². The minimum Gasteiger partial charge on any atom is -0.469 e. The van der Waals surface area contributed by atoms with Gasteiger partial charge in [-0.2, -0.15) is 0 Å². The van der Waals surface area contributed by atoms with Crippen molar-refractivity contribution in [3.8, 4) is 0 Å². The van der Waals surface area contributed by atoms with Gasteiger partial charge in [0.05, 0.1) is 13.5 Å². The number of pyridine rings is 1. The van der Waals surface area contributed by atoms with Gasteiger partial charge >= 0.3 is 5.97 Å². The number of carbonyl (C=O) groups is 2. The minimum absolute atomic E-state index is 0. The summed E-state index contributed by atoms with van der Waals surface area (Å²) in [6.45, 7) is 2.63. The molecule has 0 aromatic carbocycles. The summed E-state index contributed by atoms with van der Waals surface area (Å²) in [6.07, 6.45) is 5.34. The van der Waals surface area contributed by atoms with Gasteiger partial charge in [-0.25, -0.2) is 0 Å². The second-order valence-electron chi connectivity index (χ2n) is 5.47. The Morgan fingerprint density at radius 2 is 1.96 bits per heavy atom. The molecule has 1 aliphatic rings. The Kier molecular flexibility index (Phi) is 8.58. The predicted octanol–water partition coefficient (Wildman–Crippen LogP) is 1.39. The molecule has 0 aliphatic carbocycles. The molecule has 2 heterocycles. The zero-order valence-electron chi connectivity index (χ0n) is 13.4. The fourth-order valence-electron chi connectivity index (χ4n) is 2.63. The van der Waals surface area contributed by atoms with Crippen LogP contribution in [-0.4, -0.2) is 48.5 Å². The summed E-state index contributed by atoms with van der Waals surface area (Å²) in [6, 6.07) is 3.78. The molecule has 0 spiro atoms. The predicted molar refractivity (Wildman–Crippen MR) is 89.1 cm³/mol. The normalized spacial score (nSPS) is 14.7. The van der Waals surface area contributed by atoms with Crippen LogP contribution in [0, 0.1) is 5.92 Å².